The maximum atomic E-state index is 8.16. The summed E-state index contributed by atoms with van der Waals surface area (Å²) in [5.74, 6) is 0. The molecule has 0 saturated carbocycles. The van der Waals surface area contributed by atoms with E-state index in [2.05, 4.69) is 5.32 Å². The molecular formula is C5H15NO. The van der Waals surface area contributed by atoms with E-state index < -0.39 is 0 Å². The Bertz CT molecular complexity index is 20.0. The fourth-order valence-electron chi connectivity index (χ4n) is 0.256. The first kappa shape index (κ1) is 10.0. The first-order chi connectivity index (χ1) is 2.91. The van der Waals surface area contributed by atoms with Crippen molar-refractivity contribution in [2.45, 2.75) is 13.8 Å². The van der Waals surface area contributed by atoms with Crippen LogP contribution in [0.1, 0.15) is 13.8 Å². The van der Waals surface area contributed by atoms with Crippen LogP contribution < -0.4 is 5.32 Å². The molecule has 0 aromatic rings. The van der Waals surface area contributed by atoms with Gasteiger partial charge in [0.25, 0.3) is 0 Å². The Morgan fingerprint density at radius 3 is 2.29 bits per heavy atom. The molecule has 0 aliphatic carbocycles. The zero-order valence-electron chi connectivity index (χ0n) is 4.07. The van der Waals surface area contributed by atoms with E-state index in [-0.39, 0.29) is 7.43 Å². The first-order valence-electron chi connectivity index (χ1n) is 2.17. The maximum Gasteiger partial charge on any atom is 0.0443 e. The van der Waals surface area contributed by atoms with Crippen molar-refractivity contribution in [2.24, 2.45) is 0 Å². The predicted molar refractivity (Wildman–Crippen MR) is 32.4 cm³/mol. The van der Waals surface area contributed by atoms with Gasteiger partial charge in [0.05, 0.1) is 0 Å². The van der Waals surface area contributed by atoms with Gasteiger partial charge in [0, 0.05) is 6.61 Å². The SMILES string of the molecule is C.CNCCCO. The molecule has 0 aliphatic rings. The highest BCUT2D eigenvalue weighted by Crippen LogP contribution is 1.66. The van der Waals surface area contributed by atoms with Crippen molar-refractivity contribution in [2.75, 3.05) is 20.2 Å². The summed E-state index contributed by atoms with van der Waals surface area (Å²) in [6.45, 7) is 1.21. The van der Waals surface area contributed by atoms with Gasteiger partial charge in [-0.05, 0) is 20.0 Å². The quantitative estimate of drug-likeness (QED) is 0.503. The molecule has 7 heavy (non-hydrogen) atoms. The van der Waals surface area contributed by atoms with E-state index in [1.807, 2.05) is 7.05 Å². The van der Waals surface area contributed by atoms with Crippen molar-refractivity contribution >= 4 is 0 Å². The smallest absolute Gasteiger partial charge is 0.0443 e. The predicted octanol–water partition coefficient (Wildman–Crippen LogP) is 0.224. The van der Waals surface area contributed by atoms with Gasteiger partial charge in [-0.15, -0.1) is 0 Å². The molecule has 0 aromatic carbocycles. The summed E-state index contributed by atoms with van der Waals surface area (Å²) in [6.07, 6.45) is 0.858. The maximum absolute atomic E-state index is 8.16. The third kappa shape index (κ3) is 10.7. The van der Waals surface area contributed by atoms with Crippen molar-refractivity contribution in [3.05, 3.63) is 0 Å². The molecule has 2 N–H and O–H groups in total. The molecule has 0 radical (unpaired) electrons. The Balaban J connectivity index is 0. The molecule has 0 amide bonds. The summed E-state index contributed by atoms with van der Waals surface area (Å²) in [5, 5.41) is 11.1. The monoisotopic (exact) mass is 105 g/mol. The van der Waals surface area contributed by atoms with E-state index in [0.29, 0.717) is 6.61 Å². The van der Waals surface area contributed by atoms with Gasteiger partial charge in [-0.3, -0.25) is 0 Å². The van der Waals surface area contributed by atoms with E-state index in [9.17, 15) is 0 Å². The molecule has 0 heterocycles. The zero-order chi connectivity index (χ0) is 4.83. The molecule has 0 rings (SSSR count). The molecule has 0 atom stereocenters. The second kappa shape index (κ2) is 9.33. The summed E-state index contributed by atoms with van der Waals surface area (Å²) in [6, 6.07) is 0. The highest BCUT2D eigenvalue weighted by molar-refractivity contribution is 4.34. The summed E-state index contributed by atoms with van der Waals surface area (Å²) in [5.41, 5.74) is 0. The Labute approximate surface area is 45.5 Å². The van der Waals surface area contributed by atoms with E-state index in [1.165, 1.54) is 0 Å². The molecule has 0 bridgehead atoms. The Morgan fingerprint density at radius 1 is 1.57 bits per heavy atom. The average Bonchev–Trinajstić information content (AvgIpc) is 1.61. The Morgan fingerprint density at radius 2 is 2.14 bits per heavy atom. The lowest BCUT2D eigenvalue weighted by Crippen LogP contribution is -2.08. The van der Waals surface area contributed by atoms with E-state index in [1.54, 1.807) is 0 Å². The van der Waals surface area contributed by atoms with Gasteiger partial charge >= 0.3 is 0 Å². The summed E-state index contributed by atoms with van der Waals surface area (Å²) in [4.78, 5) is 0. The number of hydrogen-bond acceptors (Lipinski definition) is 2. The van der Waals surface area contributed by atoms with Gasteiger partial charge in [-0.25, -0.2) is 0 Å². The van der Waals surface area contributed by atoms with Crippen LogP contribution in [0.15, 0.2) is 0 Å². The lowest BCUT2D eigenvalue weighted by atomic mass is 10.5. The molecule has 46 valence electrons. The van der Waals surface area contributed by atoms with E-state index in [4.69, 9.17) is 5.11 Å². The van der Waals surface area contributed by atoms with Crippen LogP contribution in [0, 0.1) is 0 Å². The molecular weight excluding hydrogens is 90.1 g/mol. The van der Waals surface area contributed by atoms with Gasteiger partial charge in [0.2, 0.25) is 0 Å². The van der Waals surface area contributed by atoms with Gasteiger partial charge in [-0.2, -0.15) is 0 Å². The van der Waals surface area contributed by atoms with Gasteiger partial charge in [0.15, 0.2) is 0 Å². The molecule has 2 heteroatoms. The number of nitrogens with one attached hydrogen (secondary N) is 1. The topological polar surface area (TPSA) is 32.3 Å². The minimum absolute atomic E-state index is 0. The standard InChI is InChI=1S/C4H11NO.CH4/c1-5-3-2-4-6;/h5-6H,2-4H2,1H3;1H4. The van der Waals surface area contributed by atoms with Crippen LogP contribution in [0.25, 0.3) is 0 Å². The van der Waals surface area contributed by atoms with Crippen LogP contribution >= 0.6 is 0 Å². The number of hydrogen-bond donors (Lipinski definition) is 2. The van der Waals surface area contributed by atoms with Crippen molar-refractivity contribution < 1.29 is 5.11 Å². The number of aliphatic hydroxyl groups excluding tert-OH is 1. The van der Waals surface area contributed by atoms with Crippen LogP contribution in [0.4, 0.5) is 0 Å². The fraction of sp³-hybridized carbons (Fsp3) is 1.00. The van der Waals surface area contributed by atoms with Crippen LogP contribution in [-0.4, -0.2) is 25.3 Å². The molecule has 0 spiro atoms. The van der Waals surface area contributed by atoms with Gasteiger partial charge in [0.1, 0.15) is 0 Å². The van der Waals surface area contributed by atoms with Gasteiger partial charge < -0.3 is 10.4 Å². The Kier molecular flexibility index (Phi) is 13.3. The fourth-order valence-corrected chi connectivity index (χ4v) is 0.256. The minimum atomic E-state index is 0. The molecule has 0 saturated heterocycles. The summed E-state index contributed by atoms with van der Waals surface area (Å²) in [7, 11) is 1.87. The van der Waals surface area contributed by atoms with Crippen molar-refractivity contribution in [1.82, 2.24) is 5.32 Å². The second-order valence-corrected chi connectivity index (χ2v) is 1.18. The molecule has 0 aliphatic heterocycles. The molecule has 0 aromatic heterocycles. The molecule has 0 unspecified atom stereocenters. The highest BCUT2D eigenvalue weighted by atomic mass is 16.3. The minimum Gasteiger partial charge on any atom is -0.396 e. The molecule has 2 nitrogen and oxygen atoms in total. The van der Waals surface area contributed by atoms with Crippen LogP contribution in [0.3, 0.4) is 0 Å². The number of aliphatic hydroxyl groups is 1. The number of rotatable bonds is 3. The first-order valence-corrected chi connectivity index (χ1v) is 2.17. The second-order valence-electron chi connectivity index (χ2n) is 1.18. The average molecular weight is 105 g/mol. The van der Waals surface area contributed by atoms with Crippen molar-refractivity contribution in [3.8, 4) is 0 Å². The largest absolute Gasteiger partial charge is 0.396 e. The van der Waals surface area contributed by atoms with Crippen LogP contribution in [0.2, 0.25) is 0 Å². The van der Waals surface area contributed by atoms with Crippen molar-refractivity contribution in [1.29, 1.82) is 0 Å². The van der Waals surface area contributed by atoms with Gasteiger partial charge in [-0.1, -0.05) is 7.43 Å². The van der Waals surface area contributed by atoms with E-state index in [0.717, 1.165) is 13.0 Å². The van der Waals surface area contributed by atoms with Crippen LogP contribution in [-0.2, 0) is 0 Å². The highest BCUT2D eigenvalue weighted by Gasteiger charge is 1.74. The third-order valence-electron chi connectivity index (χ3n) is 0.585. The Hall–Kier alpha value is -0.0800. The van der Waals surface area contributed by atoms with Crippen molar-refractivity contribution in [3.63, 3.8) is 0 Å². The molecule has 0 fully saturated rings. The summed E-state index contributed by atoms with van der Waals surface area (Å²) >= 11 is 0. The van der Waals surface area contributed by atoms with E-state index >= 15 is 0 Å². The summed E-state index contributed by atoms with van der Waals surface area (Å²) < 4.78 is 0. The lowest BCUT2D eigenvalue weighted by Gasteiger charge is -1.89. The third-order valence-corrected chi connectivity index (χ3v) is 0.585. The normalized spacial score (nSPS) is 7.71. The lowest BCUT2D eigenvalue weighted by molar-refractivity contribution is 0.287. The van der Waals surface area contributed by atoms with Crippen LogP contribution in [0.5, 0.6) is 0 Å². The zero-order valence-corrected chi connectivity index (χ0v) is 4.07.